The summed E-state index contributed by atoms with van der Waals surface area (Å²) in [5.74, 6) is 0.639. The van der Waals surface area contributed by atoms with Gasteiger partial charge in [-0.1, -0.05) is 33.3 Å². The zero-order valence-electron chi connectivity index (χ0n) is 10.7. The van der Waals surface area contributed by atoms with Gasteiger partial charge < -0.3 is 9.47 Å². The molecule has 16 heavy (non-hydrogen) atoms. The molecule has 0 aliphatic rings. The van der Waals surface area contributed by atoms with Gasteiger partial charge >= 0.3 is 5.97 Å². The molecule has 2 atom stereocenters. The van der Waals surface area contributed by atoms with Gasteiger partial charge in [0.25, 0.3) is 0 Å². The minimum absolute atomic E-state index is 0.335. The maximum absolute atomic E-state index is 10.9. The third-order valence-electron chi connectivity index (χ3n) is 2.85. The summed E-state index contributed by atoms with van der Waals surface area (Å²) >= 11 is 0. The van der Waals surface area contributed by atoms with Crippen molar-refractivity contribution in [1.82, 2.24) is 0 Å². The van der Waals surface area contributed by atoms with E-state index in [4.69, 9.17) is 9.47 Å². The van der Waals surface area contributed by atoms with Gasteiger partial charge in [0.05, 0.1) is 6.61 Å². The monoisotopic (exact) mass is 228 g/mol. The Hall–Kier alpha value is -0.830. The van der Waals surface area contributed by atoms with Gasteiger partial charge in [-0.25, -0.2) is 4.79 Å². The van der Waals surface area contributed by atoms with E-state index in [1.165, 1.54) is 6.08 Å². The van der Waals surface area contributed by atoms with Crippen LogP contribution in [-0.4, -0.2) is 26.3 Å². The Morgan fingerprint density at radius 3 is 2.25 bits per heavy atom. The highest BCUT2D eigenvalue weighted by Gasteiger charge is 2.15. The van der Waals surface area contributed by atoms with Crippen molar-refractivity contribution >= 4 is 5.97 Å². The van der Waals surface area contributed by atoms with Crippen LogP contribution in [0.1, 0.15) is 33.1 Å². The summed E-state index contributed by atoms with van der Waals surface area (Å²) in [6.45, 7) is 8.92. The van der Waals surface area contributed by atoms with Crippen LogP contribution in [0.2, 0.25) is 0 Å². The summed E-state index contributed by atoms with van der Waals surface area (Å²) in [5.41, 5.74) is 0. The van der Waals surface area contributed by atoms with E-state index in [9.17, 15) is 4.79 Å². The largest absolute Gasteiger partial charge is 0.462 e. The van der Waals surface area contributed by atoms with Crippen LogP contribution >= 0.6 is 0 Å². The average molecular weight is 228 g/mol. The smallest absolute Gasteiger partial charge is 0.330 e. The maximum Gasteiger partial charge on any atom is 0.330 e. The highest BCUT2D eigenvalue weighted by molar-refractivity contribution is 5.81. The summed E-state index contributed by atoms with van der Waals surface area (Å²) in [7, 11) is 1.72. The topological polar surface area (TPSA) is 35.5 Å². The molecule has 0 rings (SSSR count). The molecule has 0 aliphatic heterocycles. The summed E-state index contributed by atoms with van der Waals surface area (Å²) < 4.78 is 10.2. The van der Waals surface area contributed by atoms with Crippen molar-refractivity contribution in [2.45, 2.75) is 33.1 Å². The molecule has 0 saturated heterocycles. The molecular weight excluding hydrogens is 204 g/mol. The predicted octanol–water partition coefficient (Wildman–Crippen LogP) is 2.80. The van der Waals surface area contributed by atoms with Gasteiger partial charge in [0.1, 0.15) is 0 Å². The Kier molecular flexibility index (Phi) is 8.91. The second kappa shape index (κ2) is 9.40. The predicted molar refractivity (Wildman–Crippen MR) is 65.2 cm³/mol. The van der Waals surface area contributed by atoms with Crippen molar-refractivity contribution < 1.29 is 14.3 Å². The summed E-state index contributed by atoms with van der Waals surface area (Å²) in [6, 6.07) is 0. The lowest BCUT2D eigenvalue weighted by molar-refractivity contribution is -0.139. The van der Waals surface area contributed by atoms with Crippen molar-refractivity contribution in [2.75, 3.05) is 20.3 Å². The molecule has 0 saturated carbocycles. The highest BCUT2D eigenvalue weighted by Crippen LogP contribution is 2.19. The fraction of sp³-hybridized carbons (Fsp3) is 0.769. The first-order valence-electron chi connectivity index (χ1n) is 5.95. The minimum atomic E-state index is -0.335. The van der Waals surface area contributed by atoms with Crippen LogP contribution in [0.4, 0.5) is 0 Å². The summed E-state index contributed by atoms with van der Waals surface area (Å²) in [5, 5.41) is 0. The molecule has 3 heteroatoms. The molecule has 0 aromatic carbocycles. The second-order valence-electron chi connectivity index (χ2n) is 4.07. The van der Waals surface area contributed by atoms with E-state index in [0.717, 1.165) is 25.9 Å². The Morgan fingerprint density at radius 2 is 1.81 bits per heavy atom. The summed E-state index contributed by atoms with van der Waals surface area (Å²) in [4.78, 5) is 10.9. The van der Waals surface area contributed by atoms with Gasteiger partial charge in [-0.2, -0.15) is 0 Å². The van der Waals surface area contributed by atoms with Gasteiger partial charge in [0.15, 0.2) is 0 Å². The van der Waals surface area contributed by atoms with Crippen LogP contribution in [0.3, 0.4) is 0 Å². The fourth-order valence-corrected chi connectivity index (χ4v) is 1.67. The van der Waals surface area contributed by atoms with Crippen molar-refractivity contribution in [2.24, 2.45) is 11.8 Å². The number of hydrogen-bond acceptors (Lipinski definition) is 3. The van der Waals surface area contributed by atoms with Crippen LogP contribution in [0.5, 0.6) is 0 Å². The Morgan fingerprint density at radius 1 is 1.25 bits per heavy atom. The second-order valence-corrected chi connectivity index (χ2v) is 4.07. The lowest BCUT2D eigenvalue weighted by Gasteiger charge is -2.20. The van der Waals surface area contributed by atoms with E-state index >= 15 is 0 Å². The zero-order valence-corrected chi connectivity index (χ0v) is 10.7. The quantitative estimate of drug-likeness (QED) is 0.449. The van der Waals surface area contributed by atoms with Crippen LogP contribution < -0.4 is 0 Å². The molecule has 0 N–H and O–H groups in total. The fourth-order valence-electron chi connectivity index (χ4n) is 1.67. The Balaban J connectivity index is 3.96. The number of hydrogen-bond donors (Lipinski definition) is 0. The van der Waals surface area contributed by atoms with E-state index in [0.29, 0.717) is 18.4 Å². The Bertz CT molecular complexity index is 201. The van der Waals surface area contributed by atoms with E-state index in [1.54, 1.807) is 7.11 Å². The first kappa shape index (κ1) is 15.2. The van der Waals surface area contributed by atoms with Gasteiger partial charge in [-0.05, 0) is 18.3 Å². The molecule has 94 valence electrons. The van der Waals surface area contributed by atoms with Crippen LogP contribution in [0, 0.1) is 11.8 Å². The zero-order chi connectivity index (χ0) is 12.4. The number of esters is 1. The van der Waals surface area contributed by atoms with Crippen molar-refractivity contribution in [3.63, 3.8) is 0 Å². The van der Waals surface area contributed by atoms with Crippen molar-refractivity contribution in [3.8, 4) is 0 Å². The Labute approximate surface area is 98.8 Å². The first-order chi connectivity index (χ1) is 7.67. The third kappa shape index (κ3) is 6.62. The molecular formula is C13H24O3. The molecule has 0 radical (unpaired) electrons. The molecule has 0 heterocycles. The number of methoxy groups -OCH3 is 1. The molecule has 0 spiro atoms. The van der Waals surface area contributed by atoms with Gasteiger partial charge in [0.2, 0.25) is 0 Å². The lowest BCUT2D eigenvalue weighted by Crippen LogP contribution is -2.18. The molecule has 0 aromatic rings. The summed E-state index contributed by atoms with van der Waals surface area (Å²) in [6.07, 6.45) is 4.37. The van der Waals surface area contributed by atoms with Gasteiger partial charge in [-0.15, -0.1) is 0 Å². The van der Waals surface area contributed by atoms with Crippen molar-refractivity contribution in [3.05, 3.63) is 12.7 Å². The maximum atomic E-state index is 10.9. The molecule has 0 aliphatic carbocycles. The number of carbonyl (C=O) groups is 1. The standard InChI is InChI=1S/C13H24O3/c1-5-11(9-15-4)8-12(6-2)10-16-13(14)7-3/h7,11-12H,3,5-6,8-10H2,1-2,4H3. The lowest BCUT2D eigenvalue weighted by atomic mass is 9.92. The van der Waals surface area contributed by atoms with Crippen LogP contribution in [0.25, 0.3) is 0 Å². The number of rotatable bonds is 9. The molecule has 0 fully saturated rings. The highest BCUT2D eigenvalue weighted by atomic mass is 16.5. The van der Waals surface area contributed by atoms with Crippen molar-refractivity contribution in [1.29, 1.82) is 0 Å². The van der Waals surface area contributed by atoms with Crippen LogP contribution in [0.15, 0.2) is 12.7 Å². The van der Waals surface area contributed by atoms with Gasteiger partial charge in [-0.3, -0.25) is 0 Å². The van der Waals surface area contributed by atoms with Crippen LogP contribution in [-0.2, 0) is 14.3 Å². The normalized spacial score (nSPS) is 14.2. The molecule has 0 aromatic heterocycles. The molecule has 0 amide bonds. The van der Waals surface area contributed by atoms with Gasteiger partial charge in [0, 0.05) is 19.8 Å². The molecule has 3 nitrogen and oxygen atoms in total. The minimum Gasteiger partial charge on any atom is -0.462 e. The number of carbonyl (C=O) groups excluding carboxylic acids is 1. The van der Waals surface area contributed by atoms with E-state index < -0.39 is 0 Å². The molecule has 0 bridgehead atoms. The first-order valence-corrected chi connectivity index (χ1v) is 5.95. The number of ether oxygens (including phenoxy) is 2. The van der Waals surface area contributed by atoms with E-state index in [1.807, 2.05) is 0 Å². The SMILES string of the molecule is C=CC(=O)OCC(CC)CC(CC)COC. The molecule has 2 unspecified atom stereocenters. The average Bonchev–Trinajstić information content (AvgIpc) is 2.32. The third-order valence-corrected chi connectivity index (χ3v) is 2.85. The van der Waals surface area contributed by atoms with E-state index in [2.05, 4.69) is 20.4 Å². The van der Waals surface area contributed by atoms with E-state index in [-0.39, 0.29) is 5.97 Å².